The van der Waals surface area contributed by atoms with Gasteiger partial charge in [-0.1, -0.05) is 5.92 Å². The number of nitrogens with one attached hydrogen (secondary N) is 2. The van der Waals surface area contributed by atoms with Crippen LogP contribution in [0.5, 0.6) is 0 Å². The molecule has 0 aromatic heterocycles. The van der Waals surface area contributed by atoms with Crippen molar-refractivity contribution < 1.29 is 4.74 Å². The molecule has 1 rings (SSSR count). The van der Waals surface area contributed by atoms with Gasteiger partial charge in [0.1, 0.15) is 0 Å². The normalized spacial score (nSPS) is 21.6. The second-order valence-corrected chi connectivity index (χ2v) is 3.31. The maximum atomic E-state index is 5.27. The third-order valence-corrected chi connectivity index (χ3v) is 2.16. The van der Waals surface area contributed by atoms with Crippen molar-refractivity contribution in [3.63, 3.8) is 0 Å². The van der Waals surface area contributed by atoms with Gasteiger partial charge in [-0.2, -0.15) is 0 Å². The lowest BCUT2D eigenvalue weighted by atomic mass is 10.1. The van der Waals surface area contributed by atoms with Gasteiger partial charge in [0, 0.05) is 26.2 Å². The summed E-state index contributed by atoms with van der Waals surface area (Å²) in [6.07, 6.45) is 6.29. The highest BCUT2D eigenvalue weighted by atomic mass is 16.5. The summed E-state index contributed by atoms with van der Waals surface area (Å²) in [4.78, 5) is 0. The Labute approximate surface area is 80.2 Å². The molecule has 2 N–H and O–H groups in total. The second kappa shape index (κ2) is 6.90. The van der Waals surface area contributed by atoms with Crippen molar-refractivity contribution in [1.82, 2.24) is 10.6 Å². The molecule has 1 heterocycles. The van der Waals surface area contributed by atoms with Crippen molar-refractivity contribution in [2.45, 2.75) is 6.42 Å². The van der Waals surface area contributed by atoms with Crippen LogP contribution in [-0.2, 0) is 4.74 Å². The van der Waals surface area contributed by atoms with Crippen molar-refractivity contribution in [2.24, 2.45) is 5.92 Å². The van der Waals surface area contributed by atoms with E-state index in [0.717, 1.165) is 32.8 Å². The Balaban J connectivity index is 1.81. The van der Waals surface area contributed by atoms with E-state index in [4.69, 9.17) is 11.2 Å². The van der Waals surface area contributed by atoms with Gasteiger partial charge in [0.15, 0.2) is 0 Å². The molecule has 0 aromatic rings. The van der Waals surface area contributed by atoms with Crippen LogP contribution in [0.4, 0.5) is 0 Å². The van der Waals surface area contributed by atoms with Crippen LogP contribution in [0.25, 0.3) is 0 Å². The Morgan fingerprint density at radius 1 is 1.38 bits per heavy atom. The molecule has 1 saturated heterocycles. The minimum Gasteiger partial charge on any atom is -0.381 e. The average Bonchev–Trinajstić information content (AvgIpc) is 2.63. The molecule has 3 heteroatoms. The van der Waals surface area contributed by atoms with Gasteiger partial charge in [-0.3, -0.25) is 0 Å². The Morgan fingerprint density at radius 2 is 2.23 bits per heavy atom. The molecule has 1 aliphatic rings. The van der Waals surface area contributed by atoms with Crippen LogP contribution < -0.4 is 10.6 Å². The predicted octanol–water partition coefficient (Wildman–Crippen LogP) is -0.165. The zero-order valence-electron chi connectivity index (χ0n) is 8.01. The summed E-state index contributed by atoms with van der Waals surface area (Å²) in [6, 6.07) is 0. The largest absolute Gasteiger partial charge is 0.381 e. The van der Waals surface area contributed by atoms with Gasteiger partial charge in [-0.05, 0) is 12.3 Å². The van der Waals surface area contributed by atoms with Crippen LogP contribution in [0, 0.1) is 18.3 Å². The molecule has 1 unspecified atom stereocenters. The van der Waals surface area contributed by atoms with Crippen molar-refractivity contribution in [2.75, 3.05) is 39.4 Å². The van der Waals surface area contributed by atoms with Crippen LogP contribution in [0.15, 0.2) is 0 Å². The highest BCUT2D eigenvalue weighted by Gasteiger charge is 2.14. The molecule has 0 saturated carbocycles. The van der Waals surface area contributed by atoms with E-state index in [1.54, 1.807) is 0 Å². The fourth-order valence-corrected chi connectivity index (χ4v) is 1.39. The van der Waals surface area contributed by atoms with E-state index < -0.39 is 0 Å². The molecule has 0 aliphatic carbocycles. The smallest absolute Gasteiger partial charge is 0.0574 e. The maximum absolute atomic E-state index is 5.27. The first-order chi connectivity index (χ1) is 6.43. The van der Waals surface area contributed by atoms with E-state index in [1.165, 1.54) is 6.42 Å². The number of hydrogen-bond donors (Lipinski definition) is 2. The minimum absolute atomic E-state index is 0.661. The topological polar surface area (TPSA) is 33.3 Å². The zero-order valence-corrected chi connectivity index (χ0v) is 8.01. The van der Waals surface area contributed by atoms with E-state index in [2.05, 4.69) is 16.6 Å². The highest BCUT2D eigenvalue weighted by Crippen LogP contribution is 2.09. The van der Waals surface area contributed by atoms with Crippen LogP contribution in [0.1, 0.15) is 6.42 Å². The summed E-state index contributed by atoms with van der Waals surface area (Å²) in [5, 5.41) is 6.51. The summed E-state index contributed by atoms with van der Waals surface area (Å²) in [5.41, 5.74) is 0. The molecule has 3 nitrogen and oxygen atoms in total. The Bertz CT molecular complexity index is 159. The van der Waals surface area contributed by atoms with Crippen molar-refractivity contribution >= 4 is 0 Å². The van der Waals surface area contributed by atoms with Crippen LogP contribution >= 0.6 is 0 Å². The number of hydrogen-bond acceptors (Lipinski definition) is 3. The monoisotopic (exact) mass is 182 g/mol. The van der Waals surface area contributed by atoms with Gasteiger partial charge in [0.05, 0.1) is 13.2 Å². The molecule has 0 bridgehead atoms. The summed E-state index contributed by atoms with van der Waals surface area (Å²) < 4.78 is 5.27. The quantitative estimate of drug-likeness (QED) is 0.442. The maximum Gasteiger partial charge on any atom is 0.0574 e. The van der Waals surface area contributed by atoms with E-state index in [9.17, 15) is 0 Å². The van der Waals surface area contributed by atoms with Crippen molar-refractivity contribution in [1.29, 1.82) is 0 Å². The van der Waals surface area contributed by atoms with Crippen LogP contribution in [0.3, 0.4) is 0 Å². The van der Waals surface area contributed by atoms with E-state index >= 15 is 0 Å². The lowest BCUT2D eigenvalue weighted by Crippen LogP contribution is -2.31. The molecule has 0 amide bonds. The highest BCUT2D eigenvalue weighted by molar-refractivity contribution is 4.86. The Hall–Kier alpha value is -0.560. The van der Waals surface area contributed by atoms with Gasteiger partial charge < -0.3 is 15.4 Å². The minimum atomic E-state index is 0.661. The summed E-state index contributed by atoms with van der Waals surface area (Å²) in [5.74, 6) is 3.26. The first-order valence-corrected chi connectivity index (χ1v) is 4.86. The van der Waals surface area contributed by atoms with Gasteiger partial charge >= 0.3 is 0 Å². The van der Waals surface area contributed by atoms with E-state index in [0.29, 0.717) is 12.5 Å². The molecule has 13 heavy (non-hydrogen) atoms. The molecule has 0 aromatic carbocycles. The van der Waals surface area contributed by atoms with Gasteiger partial charge in [0.25, 0.3) is 0 Å². The van der Waals surface area contributed by atoms with Gasteiger partial charge in [-0.25, -0.2) is 0 Å². The SMILES string of the molecule is C#CCNCCNCC1CCOC1. The molecule has 1 aliphatic heterocycles. The van der Waals surface area contributed by atoms with Crippen LogP contribution in [0.2, 0.25) is 0 Å². The molecule has 1 fully saturated rings. The van der Waals surface area contributed by atoms with Crippen molar-refractivity contribution in [3.8, 4) is 12.3 Å². The fourth-order valence-electron chi connectivity index (χ4n) is 1.39. The lowest BCUT2D eigenvalue weighted by molar-refractivity contribution is 0.185. The summed E-state index contributed by atoms with van der Waals surface area (Å²) in [6.45, 7) is 5.51. The molecular formula is C10H18N2O. The summed E-state index contributed by atoms with van der Waals surface area (Å²) >= 11 is 0. The third kappa shape index (κ3) is 4.89. The number of rotatable bonds is 6. The first kappa shape index (κ1) is 10.5. The van der Waals surface area contributed by atoms with Gasteiger partial charge in [0.2, 0.25) is 0 Å². The summed E-state index contributed by atoms with van der Waals surface area (Å²) in [7, 11) is 0. The molecule has 1 atom stereocenters. The zero-order chi connectivity index (χ0) is 9.36. The number of ether oxygens (including phenoxy) is 1. The van der Waals surface area contributed by atoms with E-state index in [1.807, 2.05) is 0 Å². The third-order valence-electron chi connectivity index (χ3n) is 2.16. The lowest BCUT2D eigenvalue weighted by Gasteiger charge is -2.08. The molecule has 74 valence electrons. The Morgan fingerprint density at radius 3 is 2.92 bits per heavy atom. The van der Waals surface area contributed by atoms with E-state index in [-0.39, 0.29) is 0 Å². The van der Waals surface area contributed by atoms with Gasteiger partial charge in [-0.15, -0.1) is 6.42 Å². The molecule has 0 spiro atoms. The second-order valence-electron chi connectivity index (χ2n) is 3.31. The number of terminal acetylenes is 1. The predicted molar refractivity (Wildman–Crippen MR) is 53.5 cm³/mol. The average molecular weight is 182 g/mol. The molecular weight excluding hydrogens is 164 g/mol. The molecule has 0 radical (unpaired) electrons. The first-order valence-electron chi connectivity index (χ1n) is 4.86. The standard InChI is InChI=1S/C10H18N2O/c1-2-4-11-5-6-12-8-10-3-7-13-9-10/h1,10-12H,3-9H2. The van der Waals surface area contributed by atoms with Crippen LogP contribution in [-0.4, -0.2) is 39.4 Å². The Kier molecular flexibility index (Phi) is 5.59. The van der Waals surface area contributed by atoms with Crippen molar-refractivity contribution in [3.05, 3.63) is 0 Å². The fraction of sp³-hybridized carbons (Fsp3) is 0.800.